The van der Waals surface area contributed by atoms with Gasteiger partial charge in [0.1, 0.15) is 0 Å². The van der Waals surface area contributed by atoms with Gasteiger partial charge in [-0.2, -0.15) is 0 Å². The average molecular weight is 294 g/mol. The van der Waals surface area contributed by atoms with Gasteiger partial charge in [0.05, 0.1) is 12.7 Å². The second-order valence-corrected chi connectivity index (χ2v) is 5.58. The topological polar surface area (TPSA) is 97.1 Å². The molecule has 0 bridgehead atoms. The molecule has 0 saturated heterocycles. The second-order valence-electron chi connectivity index (χ2n) is 5.58. The van der Waals surface area contributed by atoms with Crippen molar-refractivity contribution >= 4 is 11.9 Å². The summed E-state index contributed by atoms with van der Waals surface area (Å²) in [6.07, 6.45) is 9.30. The first-order valence-corrected chi connectivity index (χ1v) is 7.55. The molecule has 1 fully saturated rings. The minimum atomic E-state index is -1.10. The fourth-order valence-electron chi connectivity index (χ4n) is 2.72. The number of carbonyl (C=O) groups is 2. The molecule has 1 saturated carbocycles. The van der Waals surface area contributed by atoms with Gasteiger partial charge in [0.25, 0.3) is 0 Å². The van der Waals surface area contributed by atoms with E-state index in [9.17, 15) is 9.59 Å². The van der Waals surface area contributed by atoms with E-state index in [1.54, 1.807) is 0 Å². The van der Waals surface area contributed by atoms with Crippen LogP contribution in [0.25, 0.3) is 0 Å². The average Bonchev–Trinajstić information content (AvgIpc) is 2.77. The van der Waals surface area contributed by atoms with Gasteiger partial charge in [0.15, 0.2) is 5.69 Å². The van der Waals surface area contributed by atoms with E-state index in [-0.39, 0.29) is 11.6 Å². The molecule has 1 aromatic rings. The van der Waals surface area contributed by atoms with Crippen molar-refractivity contribution in [3.05, 3.63) is 11.9 Å². The van der Waals surface area contributed by atoms with E-state index in [0.29, 0.717) is 25.4 Å². The molecule has 7 heteroatoms. The van der Waals surface area contributed by atoms with Gasteiger partial charge in [-0.1, -0.05) is 30.9 Å². The highest BCUT2D eigenvalue weighted by Gasteiger charge is 2.15. The lowest BCUT2D eigenvalue weighted by atomic mass is 9.96. The summed E-state index contributed by atoms with van der Waals surface area (Å²) in [5.74, 6) is -0.517. The number of amides is 1. The Hall–Kier alpha value is -1.92. The van der Waals surface area contributed by atoms with Crippen LogP contribution in [0.4, 0.5) is 0 Å². The van der Waals surface area contributed by atoms with Crippen molar-refractivity contribution in [3.8, 4) is 0 Å². The number of rotatable bonds is 6. The molecule has 116 valence electrons. The lowest BCUT2D eigenvalue weighted by Gasteiger charge is -2.13. The van der Waals surface area contributed by atoms with Gasteiger partial charge in [0, 0.05) is 13.0 Å². The number of carbonyl (C=O) groups excluding carboxylic acids is 1. The van der Waals surface area contributed by atoms with Crippen molar-refractivity contribution in [2.75, 3.05) is 6.54 Å². The molecule has 0 spiro atoms. The normalized spacial score (nSPS) is 16.4. The van der Waals surface area contributed by atoms with E-state index in [1.807, 2.05) is 0 Å². The molecule has 1 amide bonds. The molecule has 1 heterocycles. The molecule has 1 aliphatic rings. The van der Waals surface area contributed by atoms with Gasteiger partial charge in [-0.3, -0.25) is 4.79 Å². The third-order valence-electron chi connectivity index (χ3n) is 3.87. The first-order chi connectivity index (χ1) is 10.1. The van der Waals surface area contributed by atoms with Crippen LogP contribution in [0.1, 0.15) is 55.4 Å². The fourth-order valence-corrected chi connectivity index (χ4v) is 2.72. The van der Waals surface area contributed by atoms with E-state index >= 15 is 0 Å². The quantitative estimate of drug-likeness (QED) is 0.774. The molecule has 0 radical (unpaired) electrons. The highest BCUT2D eigenvalue weighted by molar-refractivity contribution is 5.84. The van der Waals surface area contributed by atoms with Gasteiger partial charge in [-0.05, 0) is 18.8 Å². The summed E-state index contributed by atoms with van der Waals surface area (Å²) in [6.45, 7) is 0.866. The number of carboxylic acid groups (broad SMARTS) is 1. The molecule has 7 nitrogen and oxygen atoms in total. The predicted molar refractivity (Wildman–Crippen MR) is 75.8 cm³/mol. The van der Waals surface area contributed by atoms with E-state index in [4.69, 9.17) is 5.11 Å². The van der Waals surface area contributed by atoms with E-state index in [1.165, 1.54) is 36.6 Å². The van der Waals surface area contributed by atoms with Crippen LogP contribution >= 0.6 is 0 Å². The van der Waals surface area contributed by atoms with Crippen LogP contribution in [-0.2, 0) is 11.3 Å². The zero-order chi connectivity index (χ0) is 15.1. The molecule has 2 N–H and O–H groups in total. The smallest absolute Gasteiger partial charge is 0.358 e. The molecule has 0 unspecified atom stereocenters. The van der Waals surface area contributed by atoms with E-state index in [0.717, 1.165) is 12.8 Å². The number of aromatic carboxylic acids is 1. The van der Waals surface area contributed by atoms with Gasteiger partial charge in [0.2, 0.25) is 5.91 Å². The number of hydrogen-bond acceptors (Lipinski definition) is 4. The summed E-state index contributed by atoms with van der Waals surface area (Å²) in [4.78, 5) is 22.5. The van der Waals surface area contributed by atoms with Crippen molar-refractivity contribution in [1.29, 1.82) is 0 Å². The molecule has 1 aromatic heterocycles. The number of aromatic nitrogens is 3. The van der Waals surface area contributed by atoms with Gasteiger partial charge < -0.3 is 10.4 Å². The van der Waals surface area contributed by atoms with Crippen molar-refractivity contribution in [3.63, 3.8) is 0 Å². The number of hydrogen-bond donors (Lipinski definition) is 2. The zero-order valence-corrected chi connectivity index (χ0v) is 12.1. The van der Waals surface area contributed by atoms with Crippen molar-refractivity contribution < 1.29 is 14.7 Å². The third kappa shape index (κ3) is 5.17. The maximum absolute atomic E-state index is 11.9. The monoisotopic (exact) mass is 294 g/mol. The Balaban J connectivity index is 1.67. The Morgan fingerprint density at radius 1 is 1.29 bits per heavy atom. The summed E-state index contributed by atoms with van der Waals surface area (Å²) in [5, 5.41) is 18.8. The summed E-state index contributed by atoms with van der Waals surface area (Å²) >= 11 is 0. The number of nitrogens with zero attached hydrogens (tertiary/aromatic N) is 3. The van der Waals surface area contributed by atoms with Crippen molar-refractivity contribution in [1.82, 2.24) is 20.3 Å². The van der Waals surface area contributed by atoms with Crippen LogP contribution < -0.4 is 5.32 Å². The van der Waals surface area contributed by atoms with E-state index < -0.39 is 5.97 Å². The van der Waals surface area contributed by atoms with Crippen LogP contribution in [0.5, 0.6) is 0 Å². The molecular formula is C14H22N4O3. The maximum atomic E-state index is 11.9. The minimum absolute atomic E-state index is 0.0699. The van der Waals surface area contributed by atoms with Crippen LogP contribution in [-0.4, -0.2) is 38.5 Å². The highest BCUT2D eigenvalue weighted by Crippen LogP contribution is 2.25. The Morgan fingerprint density at radius 2 is 2.00 bits per heavy atom. The summed E-state index contributed by atoms with van der Waals surface area (Å²) in [6, 6.07) is 0. The van der Waals surface area contributed by atoms with Crippen molar-refractivity contribution in [2.24, 2.45) is 5.92 Å². The minimum Gasteiger partial charge on any atom is -0.476 e. The van der Waals surface area contributed by atoms with E-state index in [2.05, 4.69) is 15.6 Å². The Bertz CT molecular complexity index is 478. The van der Waals surface area contributed by atoms with Gasteiger partial charge in [-0.15, -0.1) is 5.10 Å². The number of carboxylic acids is 1. The summed E-state index contributed by atoms with van der Waals surface area (Å²) in [7, 11) is 0. The Morgan fingerprint density at radius 3 is 2.62 bits per heavy atom. The maximum Gasteiger partial charge on any atom is 0.358 e. The lowest BCUT2D eigenvalue weighted by Crippen LogP contribution is -2.29. The molecular weight excluding hydrogens is 272 g/mol. The van der Waals surface area contributed by atoms with Crippen LogP contribution in [0, 0.1) is 5.92 Å². The molecule has 2 rings (SSSR count). The molecule has 0 atom stereocenters. The largest absolute Gasteiger partial charge is 0.476 e. The van der Waals surface area contributed by atoms with Crippen LogP contribution in [0.3, 0.4) is 0 Å². The third-order valence-corrected chi connectivity index (χ3v) is 3.87. The standard InChI is InChI=1S/C14H22N4O3/c19-13(9-11-5-3-1-2-4-6-11)15-7-8-18-10-12(14(20)21)16-17-18/h10-11H,1-9H2,(H,15,19)(H,20,21). The highest BCUT2D eigenvalue weighted by atomic mass is 16.4. The molecule has 1 aliphatic carbocycles. The predicted octanol–water partition coefficient (Wildman–Crippen LogP) is 1.45. The first-order valence-electron chi connectivity index (χ1n) is 7.55. The summed E-state index contributed by atoms with van der Waals surface area (Å²) < 4.78 is 1.43. The Kier molecular flexibility index (Phi) is 5.71. The SMILES string of the molecule is O=C(CC1CCCCCC1)NCCn1cc(C(=O)O)nn1. The van der Waals surface area contributed by atoms with Gasteiger partial charge in [-0.25, -0.2) is 9.48 Å². The second kappa shape index (κ2) is 7.75. The fraction of sp³-hybridized carbons (Fsp3) is 0.714. The molecule has 0 aliphatic heterocycles. The summed E-state index contributed by atoms with van der Waals surface area (Å²) in [5.41, 5.74) is -0.0835. The number of nitrogens with one attached hydrogen (secondary N) is 1. The Labute approximate surface area is 123 Å². The molecule has 0 aromatic carbocycles. The first kappa shape index (κ1) is 15.5. The molecule has 21 heavy (non-hydrogen) atoms. The van der Waals surface area contributed by atoms with Crippen LogP contribution in [0.2, 0.25) is 0 Å². The van der Waals surface area contributed by atoms with Crippen LogP contribution in [0.15, 0.2) is 6.20 Å². The zero-order valence-electron chi connectivity index (χ0n) is 12.1. The van der Waals surface area contributed by atoms with Gasteiger partial charge >= 0.3 is 5.97 Å². The lowest BCUT2D eigenvalue weighted by molar-refractivity contribution is -0.122. The van der Waals surface area contributed by atoms with Crippen molar-refractivity contribution in [2.45, 2.75) is 51.5 Å².